The number of aryl methyl sites for hydroxylation is 1. The van der Waals surface area contributed by atoms with Crippen LogP contribution in [0.1, 0.15) is 18.4 Å². The van der Waals surface area contributed by atoms with Gasteiger partial charge in [-0.15, -0.1) is 16.9 Å². The number of halogens is 1. The number of rotatable bonds is 7. The maximum absolute atomic E-state index is 13.2. The fourth-order valence-electron chi connectivity index (χ4n) is 2.25. The summed E-state index contributed by atoms with van der Waals surface area (Å²) in [7, 11) is 0. The third-order valence-electron chi connectivity index (χ3n) is 3.58. The van der Waals surface area contributed by atoms with Crippen LogP contribution >= 0.6 is 11.8 Å². The molecule has 1 amide bonds. The number of aromatic nitrogens is 2. The highest BCUT2D eigenvalue weighted by molar-refractivity contribution is 7.99. The van der Waals surface area contributed by atoms with Crippen LogP contribution in [-0.4, -0.2) is 21.9 Å². The van der Waals surface area contributed by atoms with Crippen LogP contribution in [0, 0.1) is 12.7 Å². The Balaban J connectivity index is 1.44. The quantitative estimate of drug-likeness (QED) is 0.482. The molecule has 0 radical (unpaired) electrons. The van der Waals surface area contributed by atoms with Gasteiger partial charge in [-0.2, -0.15) is 0 Å². The van der Waals surface area contributed by atoms with Gasteiger partial charge in [0.2, 0.25) is 11.8 Å². The molecule has 0 saturated carbocycles. The van der Waals surface area contributed by atoms with Gasteiger partial charge in [0.1, 0.15) is 5.82 Å². The molecule has 26 heavy (non-hydrogen) atoms. The van der Waals surface area contributed by atoms with Crippen molar-refractivity contribution >= 4 is 23.7 Å². The fourth-order valence-corrected chi connectivity index (χ4v) is 3.10. The topological polar surface area (TPSA) is 68.0 Å². The zero-order valence-electron chi connectivity index (χ0n) is 14.2. The van der Waals surface area contributed by atoms with Crippen molar-refractivity contribution in [3.05, 3.63) is 59.9 Å². The summed E-state index contributed by atoms with van der Waals surface area (Å²) in [6.45, 7) is 2.05. The van der Waals surface area contributed by atoms with E-state index in [0.29, 0.717) is 12.0 Å². The Morgan fingerprint density at radius 2 is 2.00 bits per heavy atom. The van der Waals surface area contributed by atoms with E-state index in [2.05, 4.69) is 46.7 Å². The number of nitrogens with one attached hydrogen (secondary N) is 1. The number of hydrogen-bond donors (Lipinski definition) is 1. The molecule has 1 heterocycles. The second-order valence-electron chi connectivity index (χ2n) is 5.74. The Bertz CT molecular complexity index is 881. The molecule has 2 aromatic carbocycles. The largest absolute Gasteiger partial charge is 0.403 e. The van der Waals surface area contributed by atoms with Crippen molar-refractivity contribution in [2.45, 2.75) is 24.7 Å². The highest BCUT2D eigenvalue weighted by Gasteiger charge is 2.11. The van der Waals surface area contributed by atoms with Crippen molar-refractivity contribution in [2.75, 3.05) is 11.1 Å². The van der Waals surface area contributed by atoms with Crippen LogP contribution in [0.4, 0.5) is 10.4 Å². The van der Waals surface area contributed by atoms with Crippen molar-refractivity contribution in [3.63, 3.8) is 0 Å². The van der Waals surface area contributed by atoms with Gasteiger partial charge in [-0.3, -0.25) is 10.1 Å². The van der Waals surface area contributed by atoms with Crippen molar-refractivity contribution in [1.29, 1.82) is 0 Å². The van der Waals surface area contributed by atoms with Gasteiger partial charge in [-0.1, -0.05) is 28.9 Å². The van der Waals surface area contributed by atoms with Gasteiger partial charge in [0.05, 0.1) is 0 Å². The van der Waals surface area contributed by atoms with E-state index in [-0.39, 0.29) is 17.8 Å². The molecule has 0 atom stereocenters. The molecule has 0 fully saturated rings. The molecule has 7 heteroatoms. The molecule has 0 aliphatic heterocycles. The minimum absolute atomic E-state index is 0.0143. The monoisotopic (exact) mass is 371 g/mol. The summed E-state index contributed by atoms with van der Waals surface area (Å²) in [6, 6.07) is 14.1. The Morgan fingerprint density at radius 1 is 1.19 bits per heavy atom. The SMILES string of the molecule is Cc1ccc(SCCCC(=O)Nc2nnc(-c3cccc(F)c3)o2)cc1. The minimum Gasteiger partial charge on any atom is -0.403 e. The summed E-state index contributed by atoms with van der Waals surface area (Å²) in [4.78, 5) is 13.1. The van der Waals surface area contributed by atoms with Crippen molar-refractivity contribution in [1.82, 2.24) is 10.2 Å². The molecule has 0 aliphatic rings. The van der Waals surface area contributed by atoms with Gasteiger partial charge in [0.25, 0.3) is 0 Å². The molecule has 0 spiro atoms. The first-order chi connectivity index (χ1) is 12.6. The number of anilines is 1. The lowest BCUT2D eigenvalue weighted by atomic mass is 10.2. The lowest BCUT2D eigenvalue weighted by Gasteiger charge is -2.02. The van der Waals surface area contributed by atoms with Gasteiger partial charge in [0.15, 0.2) is 0 Å². The Morgan fingerprint density at radius 3 is 2.77 bits per heavy atom. The summed E-state index contributed by atoms with van der Waals surface area (Å²) in [6.07, 6.45) is 1.09. The first-order valence-electron chi connectivity index (χ1n) is 8.19. The van der Waals surface area contributed by atoms with Gasteiger partial charge in [-0.05, 0) is 49.4 Å². The molecule has 0 unspecified atom stereocenters. The minimum atomic E-state index is -0.391. The predicted molar refractivity (Wildman–Crippen MR) is 99.5 cm³/mol. The van der Waals surface area contributed by atoms with Crippen molar-refractivity contribution in [3.8, 4) is 11.5 Å². The first-order valence-corrected chi connectivity index (χ1v) is 9.17. The van der Waals surface area contributed by atoms with Crippen LogP contribution in [0.15, 0.2) is 57.8 Å². The summed E-state index contributed by atoms with van der Waals surface area (Å²) in [5, 5.41) is 10.2. The zero-order valence-corrected chi connectivity index (χ0v) is 15.1. The lowest BCUT2D eigenvalue weighted by molar-refractivity contribution is -0.116. The molecule has 3 rings (SSSR count). The van der Waals surface area contributed by atoms with E-state index >= 15 is 0 Å². The second kappa shape index (κ2) is 8.62. The first kappa shape index (κ1) is 18.1. The summed E-state index contributed by atoms with van der Waals surface area (Å²) >= 11 is 1.71. The van der Waals surface area contributed by atoms with Gasteiger partial charge in [-0.25, -0.2) is 4.39 Å². The molecule has 3 aromatic rings. The number of thioether (sulfide) groups is 1. The highest BCUT2D eigenvalue weighted by Crippen LogP contribution is 2.21. The molecular formula is C19H18FN3O2S. The van der Waals surface area contributed by atoms with Crippen LogP contribution in [-0.2, 0) is 4.79 Å². The molecule has 1 N–H and O–H groups in total. The third-order valence-corrected chi connectivity index (χ3v) is 4.68. The summed E-state index contributed by atoms with van der Waals surface area (Å²) in [5.41, 5.74) is 1.69. The molecule has 0 bridgehead atoms. The molecule has 0 aliphatic carbocycles. The zero-order chi connectivity index (χ0) is 18.4. The average Bonchev–Trinajstić information content (AvgIpc) is 3.09. The standard InChI is InChI=1S/C19H18FN3O2S/c1-13-7-9-16(10-8-13)26-11-3-6-17(24)21-19-23-22-18(25-19)14-4-2-5-15(20)12-14/h2,4-5,7-10,12H,3,6,11H2,1H3,(H,21,23,24). The number of nitrogens with zero attached hydrogens (tertiary/aromatic N) is 2. The fraction of sp³-hybridized carbons (Fsp3) is 0.211. The van der Waals surface area contributed by atoms with Gasteiger partial charge in [0, 0.05) is 16.9 Å². The summed E-state index contributed by atoms with van der Waals surface area (Å²) < 4.78 is 18.6. The maximum atomic E-state index is 13.2. The number of benzene rings is 2. The molecular weight excluding hydrogens is 353 g/mol. The number of amides is 1. The highest BCUT2D eigenvalue weighted by atomic mass is 32.2. The second-order valence-corrected chi connectivity index (χ2v) is 6.90. The average molecular weight is 371 g/mol. The van der Waals surface area contributed by atoms with Crippen LogP contribution in [0.2, 0.25) is 0 Å². The number of hydrogen-bond acceptors (Lipinski definition) is 5. The normalized spacial score (nSPS) is 10.7. The predicted octanol–water partition coefficient (Wildman–Crippen LogP) is 4.70. The molecule has 134 valence electrons. The van der Waals surface area contributed by atoms with Crippen LogP contribution in [0.5, 0.6) is 0 Å². The van der Waals surface area contributed by atoms with E-state index in [4.69, 9.17) is 4.42 Å². The summed E-state index contributed by atoms with van der Waals surface area (Å²) in [5.74, 6) is 0.422. The Kier molecular flexibility index (Phi) is 6.01. The molecule has 0 saturated heterocycles. The van der Waals surface area contributed by atoms with Gasteiger partial charge < -0.3 is 4.42 Å². The van der Waals surface area contributed by atoms with E-state index < -0.39 is 5.82 Å². The van der Waals surface area contributed by atoms with E-state index in [9.17, 15) is 9.18 Å². The van der Waals surface area contributed by atoms with E-state index in [0.717, 1.165) is 12.2 Å². The van der Waals surface area contributed by atoms with E-state index in [1.807, 2.05) is 0 Å². The van der Waals surface area contributed by atoms with E-state index in [1.165, 1.54) is 22.6 Å². The molecule has 1 aromatic heterocycles. The van der Waals surface area contributed by atoms with Crippen LogP contribution < -0.4 is 5.32 Å². The van der Waals surface area contributed by atoms with Gasteiger partial charge >= 0.3 is 6.01 Å². The van der Waals surface area contributed by atoms with E-state index in [1.54, 1.807) is 23.9 Å². The lowest BCUT2D eigenvalue weighted by Crippen LogP contribution is -2.11. The Labute approximate surface area is 155 Å². The third kappa shape index (κ3) is 5.16. The van der Waals surface area contributed by atoms with Crippen molar-refractivity contribution < 1.29 is 13.6 Å². The van der Waals surface area contributed by atoms with Crippen LogP contribution in [0.25, 0.3) is 11.5 Å². The van der Waals surface area contributed by atoms with Crippen molar-refractivity contribution in [2.24, 2.45) is 0 Å². The number of carbonyl (C=O) groups is 1. The van der Waals surface area contributed by atoms with Crippen LogP contribution in [0.3, 0.4) is 0 Å². The maximum Gasteiger partial charge on any atom is 0.322 e. The molecule has 5 nitrogen and oxygen atoms in total. The smallest absolute Gasteiger partial charge is 0.322 e. The number of carbonyl (C=O) groups excluding carboxylic acids is 1. The Hall–Kier alpha value is -2.67.